The molecule has 2 N–H and O–H groups in total. The number of hydrogen-bond donors (Lipinski definition) is 2. The number of ether oxygens (including phenoxy) is 1. The van der Waals surface area contributed by atoms with Gasteiger partial charge in [-0.15, -0.1) is 0 Å². The van der Waals surface area contributed by atoms with E-state index in [0.717, 1.165) is 21.4 Å². The number of fused-ring (bicyclic) bond motifs is 1. The second-order valence-electron chi connectivity index (χ2n) is 8.98. The number of nitrogens with one attached hydrogen (secondary N) is 2. The monoisotopic (exact) mass is 502 g/mol. The van der Waals surface area contributed by atoms with Crippen molar-refractivity contribution in [3.8, 4) is 5.75 Å². The van der Waals surface area contributed by atoms with Crippen LogP contribution in [0.1, 0.15) is 36.7 Å². The van der Waals surface area contributed by atoms with Crippen LogP contribution in [-0.4, -0.2) is 60.3 Å². The van der Waals surface area contributed by atoms with E-state index in [1.54, 1.807) is 49.3 Å². The summed E-state index contributed by atoms with van der Waals surface area (Å²) in [5.41, 5.74) is 0.277. The lowest BCUT2D eigenvalue weighted by Gasteiger charge is -2.22. The number of rotatable bonds is 8. The number of carbonyl (C=O) groups is 4. The van der Waals surface area contributed by atoms with E-state index in [0.29, 0.717) is 29.9 Å². The van der Waals surface area contributed by atoms with Crippen LogP contribution < -0.4 is 15.4 Å². The predicted molar refractivity (Wildman–Crippen MR) is 140 cm³/mol. The van der Waals surface area contributed by atoms with E-state index >= 15 is 0 Å². The molecule has 37 heavy (non-hydrogen) atoms. The summed E-state index contributed by atoms with van der Waals surface area (Å²) in [5, 5.41) is 7.25. The van der Waals surface area contributed by atoms with Crippen molar-refractivity contribution in [3.63, 3.8) is 0 Å². The second kappa shape index (κ2) is 10.3. The van der Waals surface area contributed by atoms with Gasteiger partial charge in [0.1, 0.15) is 17.8 Å². The predicted octanol–water partition coefficient (Wildman–Crippen LogP) is 3.74. The molecule has 0 aliphatic carbocycles. The van der Waals surface area contributed by atoms with Crippen molar-refractivity contribution in [1.82, 2.24) is 15.1 Å². The van der Waals surface area contributed by atoms with Gasteiger partial charge < -0.3 is 20.3 Å². The normalized spacial score (nSPS) is 17.0. The molecule has 0 saturated carbocycles. The van der Waals surface area contributed by atoms with E-state index in [4.69, 9.17) is 4.74 Å². The number of amides is 5. The van der Waals surface area contributed by atoms with Gasteiger partial charge in [0.2, 0.25) is 5.91 Å². The largest absolute Gasteiger partial charge is 0.497 e. The second-order valence-corrected chi connectivity index (χ2v) is 8.98. The van der Waals surface area contributed by atoms with E-state index in [1.807, 2.05) is 44.2 Å². The molecular weight excluding hydrogens is 472 g/mol. The molecule has 3 aromatic rings. The van der Waals surface area contributed by atoms with E-state index < -0.39 is 29.9 Å². The van der Waals surface area contributed by atoms with Gasteiger partial charge in [0.05, 0.1) is 7.11 Å². The summed E-state index contributed by atoms with van der Waals surface area (Å²) >= 11 is 0. The molecule has 1 fully saturated rings. The third-order valence-corrected chi connectivity index (χ3v) is 6.67. The smallest absolute Gasteiger partial charge is 0.325 e. The Bertz CT molecular complexity index is 1370. The van der Waals surface area contributed by atoms with Crippen LogP contribution in [0.15, 0.2) is 60.7 Å². The number of carbonyl (C=O) groups excluding carboxylic acids is 4. The molecule has 3 aromatic carbocycles. The molecule has 0 aromatic heterocycles. The molecule has 0 bridgehead atoms. The molecule has 1 saturated heterocycles. The van der Waals surface area contributed by atoms with Gasteiger partial charge >= 0.3 is 6.03 Å². The highest BCUT2D eigenvalue weighted by Gasteiger charge is 2.49. The van der Waals surface area contributed by atoms with E-state index in [2.05, 4.69) is 10.6 Å². The molecule has 0 radical (unpaired) electrons. The summed E-state index contributed by atoms with van der Waals surface area (Å²) in [6.45, 7) is 6.22. The van der Waals surface area contributed by atoms with E-state index in [1.165, 1.54) is 0 Å². The molecule has 1 heterocycles. The summed E-state index contributed by atoms with van der Waals surface area (Å²) in [7, 11) is 1.59. The lowest BCUT2D eigenvalue weighted by atomic mass is 9.90. The van der Waals surface area contributed by atoms with Gasteiger partial charge in [0, 0.05) is 24.3 Å². The summed E-state index contributed by atoms with van der Waals surface area (Å²) in [4.78, 5) is 53.8. The quantitative estimate of drug-likeness (QED) is 0.457. The Morgan fingerprint density at radius 3 is 2.27 bits per heavy atom. The van der Waals surface area contributed by atoms with Crippen LogP contribution in [0, 0.1) is 0 Å². The fraction of sp³-hybridized carbons (Fsp3) is 0.286. The first-order chi connectivity index (χ1) is 17.7. The van der Waals surface area contributed by atoms with Gasteiger partial charge in [-0.05, 0) is 79.6 Å². The third kappa shape index (κ3) is 4.97. The average Bonchev–Trinajstić information content (AvgIpc) is 3.12. The molecule has 1 unspecified atom stereocenters. The van der Waals surface area contributed by atoms with Crippen molar-refractivity contribution in [2.75, 3.05) is 32.1 Å². The fourth-order valence-corrected chi connectivity index (χ4v) is 4.43. The number of urea groups is 1. The van der Waals surface area contributed by atoms with Gasteiger partial charge in [-0.1, -0.05) is 18.2 Å². The van der Waals surface area contributed by atoms with Gasteiger partial charge in [-0.2, -0.15) is 0 Å². The van der Waals surface area contributed by atoms with Gasteiger partial charge in [0.15, 0.2) is 0 Å². The number of methoxy groups -OCH3 is 1. The van der Waals surface area contributed by atoms with Crippen LogP contribution in [0.25, 0.3) is 10.8 Å². The van der Waals surface area contributed by atoms with Crippen molar-refractivity contribution < 1.29 is 23.9 Å². The van der Waals surface area contributed by atoms with Gasteiger partial charge in [0.25, 0.3) is 11.8 Å². The Kier molecular flexibility index (Phi) is 7.15. The number of imide groups is 1. The van der Waals surface area contributed by atoms with Crippen LogP contribution in [-0.2, 0) is 15.1 Å². The lowest BCUT2D eigenvalue weighted by Crippen LogP contribution is -2.42. The molecule has 1 aliphatic heterocycles. The molecule has 9 heteroatoms. The van der Waals surface area contributed by atoms with Crippen LogP contribution >= 0.6 is 0 Å². The van der Waals surface area contributed by atoms with Crippen molar-refractivity contribution in [2.24, 2.45) is 0 Å². The minimum absolute atomic E-state index is 0.0886. The van der Waals surface area contributed by atoms with Crippen LogP contribution in [0.2, 0.25) is 0 Å². The van der Waals surface area contributed by atoms with E-state index in [9.17, 15) is 19.2 Å². The summed E-state index contributed by atoms with van der Waals surface area (Å²) in [5.74, 6) is -0.407. The van der Waals surface area contributed by atoms with Crippen molar-refractivity contribution in [1.29, 1.82) is 0 Å². The lowest BCUT2D eigenvalue weighted by molar-refractivity contribution is -0.133. The topological polar surface area (TPSA) is 108 Å². The Balaban J connectivity index is 1.45. The Morgan fingerprint density at radius 1 is 0.973 bits per heavy atom. The first-order valence-corrected chi connectivity index (χ1v) is 12.1. The highest BCUT2D eigenvalue weighted by molar-refractivity contribution is 6.10. The van der Waals surface area contributed by atoms with Gasteiger partial charge in [-0.3, -0.25) is 19.3 Å². The molecule has 5 amide bonds. The highest BCUT2D eigenvalue weighted by atomic mass is 16.5. The zero-order valence-electron chi connectivity index (χ0n) is 21.3. The minimum Gasteiger partial charge on any atom is -0.497 e. The third-order valence-electron chi connectivity index (χ3n) is 6.67. The van der Waals surface area contributed by atoms with Crippen molar-refractivity contribution in [3.05, 3.63) is 71.8 Å². The minimum atomic E-state index is -1.31. The standard InChI is InChI=1S/C28H30N4O5/c1-5-31(6-2)25(34)18-8-12-22(13-9-18)29-24(33)17-32-26(35)28(3,30-27(32)36)21-11-7-20-16-23(37-4)14-10-19(20)15-21/h7-16H,5-6,17H2,1-4H3,(H,29,33)(H,30,36). The SMILES string of the molecule is CCN(CC)C(=O)c1ccc(NC(=O)CN2C(=O)NC(C)(c3ccc4cc(OC)ccc4c3)C2=O)cc1. The maximum absolute atomic E-state index is 13.3. The Hall–Kier alpha value is -4.40. The summed E-state index contributed by atoms with van der Waals surface area (Å²) in [6.07, 6.45) is 0. The maximum Gasteiger partial charge on any atom is 0.325 e. The summed E-state index contributed by atoms with van der Waals surface area (Å²) < 4.78 is 5.26. The zero-order valence-corrected chi connectivity index (χ0v) is 21.3. The Morgan fingerprint density at radius 2 is 1.62 bits per heavy atom. The average molecular weight is 503 g/mol. The number of nitrogens with zero attached hydrogens (tertiary/aromatic N) is 2. The highest BCUT2D eigenvalue weighted by Crippen LogP contribution is 2.32. The fourth-order valence-electron chi connectivity index (χ4n) is 4.43. The molecular formula is C28H30N4O5. The molecule has 192 valence electrons. The van der Waals surface area contributed by atoms with E-state index in [-0.39, 0.29) is 5.91 Å². The number of anilines is 1. The maximum atomic E-state index is 13.3. The van der Waals surface area contributed by atoms with Crippen LogP contribution in [0.3, 0.4) is 0 Å². The number of benzene rings is 3. The Labute approximate surface area is 215 Å². The van der Waals surface area contributed by atoms with Crippen LogP contribution in [0.4, 0.5) is 10.5 Å². The molecule has 0 spiro atoms. The number of hydrogen-bond acceptors (Lipinski definition) is 5. The first-order valence-electron chi connectivity index (χ1n) is 12.1. The molecule has 4 rings (SSSR count). The summed E-state index contributed by atoms with van der Waals surface area (Å²) in [6, 6.07) is 17.0. The first kappa shape index (κ1) is 25.7. The molecule has 9 nitrogen and oxygen atoms in total. The molecule has 1 atom stereocenters. The van der Waals surface area contributed by atoms with Crippen molar-refractivity contribution >= 4 is 40.2 Å². The van der Waals surface area contributed by atoms with Crippen molar-refractivity contribution in [2.45, 2.75) is 26.3 Å². The van der Waals surface area contributed by atoms with Gasteiger partial charge in [-0.25, -0.2) is 4.79 Å². The zero-order chi connectivity index (χ0) is 26.7. The van der Waals surface area contributed by atoms with Crippen LogP contribution in [0.5, 0.6) is 5.75 Å². The molecule has 1 aliphatic rings.